The molecule has 5 amide bonds. The summed E-state index contributed by atoms with van der Waals surface area (Å²) in [6.45, 7) is 1.13. The van der Waals surface area contributed by atoms with Crippen molar-refractivity contribution in [3.05, 3.63) is 168 Å². The SMILES string of the molecule is CNc1ccc(NC(=O)c2cccc(C(=O)Nc3ccc(NC(=O)C4C(C(C)=O)C(C(=O)O)C4C(=O)O)cc3)c2)cc1.Nc1ccc(NC(=O)c2cccc(C(=O)Nc3ccc(N)cc3)c2)cc1.O=C1OC(=O)C2C1C1C(=O)OC(=O)C21. The van der Waals surface area contributed by atoms with E-state index in [-0.39, 0.29) is 34.5 Å². The van der Waals surface area contributed by atoms with Crippen molar-refractivity contribution in [1.82, 2.24) is 0 Å². The number of rotatable bonds is 14. The lowest BCUT2D eigenvalue weighted by Gasteiger charge is -2.45. The van der Waals surface area contributed by atoms with Crippen LogP contribution in [0, 0.1) is 47.3 Å². The molecule has 0 aromatic heterocycles. The van der Waals surface area contributed by atoms with E-state index in [9.17, 15) is 67.7 Å². The lowest BCUT2D eigenvalue weighted by molar-refractivity contribution is -0.179. The minimum atomic E-state index is -1.54. The molecule has 2 saturated carbocycles. The number of anilines is 8. The number of carboxylic acids is 2. The first-order valence-electron chi connectivity index (χ1n) is 24.9. The van der Waals surface area contributed by atoms with Crippen LogP contribution in [0.5, 0.6) is 0 Å². The Morgan fingerprint density at radius 2 is 0.659 bits per heavy atom. The van der Waals surface area contributed by atoms with Crippen molar-refractivity contribution >= 4 is 117 Å². The van der Waals surface area contributed by atoms with Gasteiger partial charge in [0.05, 0.1) is 41.4 Å². The summed E-state index contributed by atoms with van der Waals surface area (Å²) in [5.74, 6) is -17.4. The van der Waals surface area contributed by atoms with Crippen molar-refractivity contribution < 1.29 is 77.2 Å². The number of nitrogens with one attached hydrogen (secondary N) is 6. The van der Waals surface area contributed by atoms with Crippen LogP contribution in [-0.2, 0) is 47.8 Å². The molecule has 4 atom stereocenters. The number of ketones is 1. The van der Waals surface area contributed by atoms with Crippen molar-refractivity contribution in [2.45, 2.75) is 6.92 Å². The van der Waals surface area contributed by atoms with Gasteiger partial charge in [0.15, 0.2) is 0 Å². The first-order chi connectivity index (χ1) is 39.1. The highest BCUT2D eigenvalue weighted by atomic mass is 16.6. The first kappa shape index (κ1) is 57.1. The number of amides is 5. The number of esters is 4. The molecule has 10 rings (SSSR count). The van der Waals surface area contributed by atoms with Gasteiger partial charge in [-0.25, -0.2) is 0 Å². The zero-order chi connectivity index (χ0) is 59.1. The van der Waals surface area contributed by atoms with Gasteiger partial charge in [0.1, 0.15) is 5.78 Å². The van der Waals surface area contributed by atoms with Crippen LogP contribution in [0.4, 0.5) is 45.5 Å². The number of hydrogen-bond acceptors (Lipinski definition) is 17. The molecule has 24 nitrogen and oxygen atoms in total. The fraction of sp³-hybridized carbons (Fsp3) is 0.172. The fourth-order valence-electron chi connectivity index (χ4n) is 9.72. The van der Waals surface area contributed by atoms with E-state index in [1.165, 1.54) is 30.3 Å². The molecule has 6 aromatic carbocycles. The highest BCUT2D eigenvalue weighted by molar-refractivity contribution is 6.12. The van der Waals surface area contributed by atoms with Gasteiger partial charge in [0, 0.05) is 80.7 Å². The monoisotopic (exact) mass is 1110 g/mol. The summed E-state index contributed by atoms with van der Waals surface area (Å²) in [5.41, 5.74) is 17.1. The standard InChI is InChI=1S/C30H28N4O8.C20H18N4O2.C8H4O6/c1-15(35)22-23(25(30(41)42)24(22)29(39)40)28(38)34-21-12-10-20(11-13-21)33-27(37)17-5-3-4-16(14-17)26(36)32-19-8-6-18(31-2)7-9-19;21-15-4-8-17(9-5-15)23-19(25)13-2-1-3-14(12-13)20(26)24-18-10-6-16(22)7-11-18;9-5-1-2(6(10)13-5)4-3(1)7(11)14-8(4)12/h3-14,22-25,31H,1-2H3,(H,32,36)(H,33,37)(H,34,38)(H,39,40)(H,41,42);1-12H,21-22H2,(H,23,25)(H,24,26);1-4H. The van der Waals surface area contributed by atoms with Crippen molar-refractivity contribution in [2.24, 2.45) is 47.3 Å². The summed E-state index contributed by atoms with van der Waals surface area (Å²) in [4.78, 5) is 143. The van der Waals surface area contributed by atoms with E-state index in [1.54, 1.807) is 110 Å². The highest BCUT2D eigenvalue weighted by Crippen LogP contribution is 2.55. The van der Waals surface area contributed by atoms with Crippen molar-refractivity contribution in [3.63, 3.8) is 0 Å². The van der Waals surface area contributed by atoms with Gasteiger partial charge in [0.25, 0.3) is 23.6 Å². The molecule has 6 aromatic rings. The Hall–Kier alpha value is -11.0. The quantitative estimate of drug-likeness (QED) is 0.0371. The average molecular weight is 1120 g/mol. The van der Waals surface area contributed by atoms with Crippen LogP contribution < -0.4 is 43.4 Å². The summed E-state index contributed by atoms with van der Waals surface area (Å²) in [6, 6.07) is 39.4. The van der Waals surface area contributed by atoms with Gasteiger partial charge in [-0.3, -0.25) is 57.5 Å². The summed E-state index contributed by atoms with van der Waals surface area (Å²) >= 11 is 0. The van der Waals surface area contributed by atoms with E-state index in [0.29, 0.717) is 45.3 Å². The number of benzene rings is 6. The summed E-state index contributed by atoms with van der Waals surface area (Å²) in [6.07, 6.45) is 0. The molecule has 4 aliphatic rings. The minimum Gasteiger partial charge on any atom is -0.481 e. The van der Waals surface area contributed by atoms with Crippen LogP contribution in [0.15, 0.2) is 146 Å². The van der Waals surface area contributed by atoms with Crippen LogP contribution in [0.1, 0.15) is 48.4 Å². The molecule has 12 N–H and O–H groups in total. The second-order valence-corrected chi connectivity index (χ2v) is 19.1. The number of ether oxygens (including phenoxy) is 2. The zero-order valence-corrected chi connectivity index (χ0v) is 43.2. The number of aliphatic carboxylic acids is 2. The van der Waals surface area contributed by atoms with Crippen LogP contribution >= 0.6 is 0 Å². The third kappa shape index (κ3) is 12.6. The van der Waals surface area contributed by atoms with E-state index in [4.69, 9.17) is 11.5 Å². The predicted molar refractivity (Wildman–Crippen MR) is 294 cm³/mol. The molecule has 0 spiro atoms. The van der Waals surface area contributed by atoms with E-state index in [1.807, 2.05) is 12.1 Å². The van der Waals surface area contributed by atoms with Crippen LogP contribution in [-0.4, -0.2) is 88.4 Å². The number of carbonyl (C=O) groups excluding carboxylic acids is 10. The Kier molecular flexibility index (Phi) is 16.9. The second kappa shape index (κ2) is 24.3. The molecule has 0 bridgehead atoms. The van der Waals surface area contributed by atoms with E-state index in [2.05, 4.69) is 41.4 Å². The lowest BCUT2D eigenvalue weighted by Crippen LogP contribution is -2.60. The van der Waals surface area contributed by atoms with Crippen molar-refractivity contribution in [2.75, 3.05) is 50.4 Å². The van der Waals surface area contributed by atoms with Gasteiger partial charge in [-0.05, 0) is 140 Å². The number of fused-ring (bicyclic) bond motifs is 4. The number of carbonyl (C=O) groups is 12. The molecule has 2 aliphatic heterocycles. The van der Waals surface area contributed by atoms with Gasteiger partial charge in [0.2, 0.25) is 5.91 Å². The molecular weight excluding hydrogens is 1060 g/mol. The Labute approximate surface area is 464 Å². The summed E-state index contributed by atoms with van der Waals surface area (Å²) < 4.78 is 8.69. The third-order valence-electron chi connectivity index (χ3n) is 13.9. The van der Waals surface area contributed by atoms with Crippen molar-refractivity contribution in [1.29, 1.82) is 0 Å². The predicted octanol–water partition coefficient (Wildman–Crippen LogP) is 5.40. The number of nitrogen functional groups attached to an aromatic ring is 2. The second-order valence-electron chi connectivity index (χ2n) is 19.1. The van der Waals surface area contributed by atoms with Gasteiger partial charge in [-0.2, -0.15) is 0 Å². The molecule has 2 saturated heterocycles. The Morgan fingerprint density at radius 3 is 0.939 bits per heavy atom. The minimum absolute atomic E-state index is 0.235. The van der Waals surface area contributed by atoms with Gasteiger partial charge >= 0.3 is 35.8 Å². The topological polar surface area (TPSA) is 388 Å². The summed E-state index contributed by atoms with van der Waals surface area (Å²) in [7, 11) is 1.79. The van der Waals surface area contributed by atoms with Crippen LogP contribution in [0.2, 0.25) is 0 Å². The van der Waals surface area contributed by atoms with Gasteiger partial charge in [-0.15, -0.1) is 0 Å². The number of nitrogens with two attached hydrogens (primary N) is 2. The van der Waals surface area contributed by atoms with Gasteiger partial charge in [-0.1, -0.05) is 12.1 Å². The maximum atomic E-state index is 12.8. The molecule has 2 heterocycles. The fourth-order valence-corrected chi connectivity index (χ4v) is 9.72. The van der Waals surface area contributed by atoms with E-state index in [0.717, 1.165) is 12.6 Å². The number of carboxylic acid groups (broad SMARTS) is 2. The van der Waals surface area contributed by atoms with Crippen LogP contribution in [0.3, 0.4) is 0 Å². The van der Waals surface area contributed by atoms with E-state index < -0.39 is 101 Å². The highest BCUT2D eigenvalue weighted by Gasteiger charge is 2.73. The maximum Gasteiger partial charge on any atom is 0.318 e. The smallest absolute Gasteiger partial charge is 0.318 e. The normalized spacial score (nSPS) is 20.5. The van der Waals surface area contributed by atoms with Crippen LogP contribution in [0.25, 0.3) is 0 Å². The molecule has 24 heteroatoms. The maximum absolute atomic E-state index is 12.8. The Balaban J connectivity index is 0.000000184. The Morgan fingerprint density at radius 1 is 0.390 bits per heavy atom. The number of Topliss-reactive ketones (excluding diaryl/α,β-unsaturated/α-hetero) is 1. The molecule has 2 aliphatic carbocycles. The largest absolute Gasteiger partial charge is 0.481 e. The molecule has 82 heavy (non-hydrogen) atoms. The number of hydrogen-bond donors (Lipinski definition) is 10. The molecular formula is C58H50N8O16. The third-order valence-corrected chi connectivity index (χ3v) is 13.9. The molecule has 4 unspecified atom stereocenters. The summed E-state index contributed by atoms with van der Waals surface area (Å²) in [5, 5.41) is 35.3. The van der Waals surface area contributed by atoms with Gasteiger partial charge < -0.3 is 63.1 Å². The molecule has 4 fully saturated rings. The number of cyclic esters (lactones) is 4. The Bertz CT molecular complexity index is 3390. The zero-order valence-electron chi connectivity index (χ0n) is 43.2. The molecule has 418 valence electrons. The van der Waals surface area contributed by atoms with E-state index >= 15 is 0 Å². The van der Waals surface area contributed by atoms with Crippen molar-refractivity contribution in [3.8, 4) is 0 Å². The average Bonchev–Trinajstić information content (AvgIpc) is 2.67. The molecule has 0 radical (unpaired) electrons. The lowest BCUT2D eigenvalue weighted by atomic mass is 9.55. The first-order valence-corrected chi connectivity index (χ1v) is 24.9.